The zero-order chi connectivity index (χ0) is 13.7. The lowest BCUT2D eigenvalue weighted by Gasteiger charge is -2.44. The van der Waals surface area contributed by atoms with Crippen molar-refractivity contribution in [3.63, 3.8) is 0 Å². The number of amides is 1. The molecule has 2 aliphatic rings. The molecule has 0 N–H and O–H groups in total. The van der Waals surface area contributed by atoms with Crippen LogP contribution < -0.4 is 0 Å². The highest BCUT2D eigenvalue weighted by Crippen LogP contribution is 2.35. The van der Waals surface area contributed by atoms with Crippen LogP contribution in [0.1, 0.15) is 51.9 Å². The van der Waals surface area contributed by atoms with E-state index in [1.807, 2.05) is 13.0 Å². The van der Waals surface area contributed by atoms with E-state index in [1.165, 1.54) is 0 Å². The van der Waals surface area contributed by atoms with Crippen LogP contribution in [-0.2, 0) is 14.3 Å². The molecule has 2 aliphatic heterocycles. The highest BCUT2D eigenvalue weighted by Gasteiger charge is 2.48. The lowest BCUT2D eigenvalue weighted by molar-refractivity contribution is -0.168. The Bertz CT molecular complexity index is 378. The smallest absolute Gasteiger partial charge is 0.332 e. The Hall–Kier alpha value is -1.32. The van der Waals surface area contributed by atoms with Crippen molar-refractivity contribution < 1.29 is 14.3 Å². The second kappa shape index (κ2) is 6.22. The number of piperidine rings is 1. The zero-order valence-corrected chi connectivity index (χ0v) is 11.7. The normalized spacial score (nSPS) is 29.7. The third-order valence-electron chi connectivity index (χ3n) is 4.12. The Morgan fingerprint density at radius 2 is 2.11 bits per heavy atom. The summed E-state index contributed by atoms with van der Waals surface area (Å²) < 4.78 is 5.27. The Kier molecular flexibility index (Phi) is 4.61. The van der Waals surface area contributed by atoms with Gasteiger partial charge in [0, 0.05) is 13.0 Å². The summed E-state index contributed by atoms with van der Waals surface area (Å²) in [6.07, 6.45) is 10.0. The van der Waals surface area contributed by atoms with Crippen LogP contribution in [0.15, 0.2) is 12.2 Å². The number of hydrogen-bond donors (Lipinski definition) is 0. The molecule has 1 saturated heterocycles. The molecule has 2 rings (SSSR count). The molecule has 1 amide bonds. The van der Waals surface area contributed by atoms with Crippen molar-refractivity contribution in [3.8, 4) is 0 Å². The van der Waals surface area contributed by atoms with E-state index < -0.39 is 5.54 Å². The molecule has 4 heteroatoms. The van der Waals surface area contributed by atoms with E-state index >= 15 is 0 Å². The van der Waals surface area contributed by atoms with Gasteiger partial charge >= 0.3 is 5.97 Å². The Morgan fingerprint density at radius 3 is 2.89 bits per heavy atom. The maximum absolute atomic E-state index is 12.4. The molecule has 4 nitrogen and oxygen atoms in total. The van der Waals surface area contributed by atoms with Crippen LogP contribution in [0.25, 0.3) is 0 Å². The standard InChI is InChI=1S/C15H23NO3/c1-2-19-14(18)15-10-6-4-3-5-7-12-16(15)13(17)9-8-11-15/h5,7H,2-4,6,8-12H2,1H3/b7-5-/t15-/m1/s1. The van der Waals surface area contributed by atoms with Gasteiger partial charge in [-0.25, -0.2) is 4.79 Å². The summed E-state index contributed by atoms with van der Waals surface area (Å²) in [5.41, 5.74) is -0.708. The summed E-state index contributed by atoms with van der Waals surface area (Å²) in [5, 5.41) is 0. The second-order valence-corrected chi connectivity index (χ2v) is 5.33. The van der Waals surface area contributed by atoms with Gasteiger partial charge in [-0.15, -0.1) is 0 Å². The summed E-state index contributed by atoms with van der Waals surface area (Å²) in [7, 11) is 0. The molecule has 0 radical (unpaired) electrons. The van der Waals surface area contributed by atoms with Gasteiger partial charge in [0.1, 0.15) is 5.54 Å². The molecule has 0 spiro atoms. The van der Waals surface area contributed by atoms with Gasteiger partial charge in [0.15, 0.2) is 0 Å². The van der Waals surface area contributed by atoms with Crippen LogP contribution >= 0.6 is 0 Å². The third kappa shape index (κ3) is 2.82. The van der Waals surface area contributed by atoms with Crippen molar-refractivity contribution >= 4 is 11.9 Å². The van der Waals surface area contributed by atoms with Crippen LogP contribution in [0.4, 0.5) is 0 Å². The van der Waals surface area contributed by atoms with E-state index in [0.717, 1.165) is 38.5 Å². The monoisotopic (exact) mass is 265 g/mol. The summed E-state index contributed by atoms with van der Waals surface area (Å²) >= 11 is 0. The number of esters is 1. The highest BCUT2D eigenvalue weighted by atomic mass is 16.5. The van der Waals surface area contributed by atoms with Crippen molar-refractivity contribution in [1.29, 1.82) is 0 Å². The van der Waals surface area contributed by atoms with E-state index in [1.54, 1.807) is 4.90 Å². The molecular formula is C15H23NO3. The predicted octanol–water partition coefficient (Wildman–Crippen LogP) is 2.43. The first kappa shape index (κ1) is 14.1. The average Bonchev–Trinajstić information content (AvgIpc) is 2.50. The largest absolute Gasteiger partial charge is 0.464 e. The quantitative estimate of drug-likeness (QED) is 0.569. The minimum absolute atomic E-state index is 0.0888. The third-order valence-corrected chi connectivity index (χ3v) is 4.12. The fourth-order valence-electron chi connectivity index (χ4n) is 3.13. The average molecular weight is 265 g/mol. The maximum Gasteiger partial charge on any atom is 0.332 e. The van der Waals surface area contributed by atoms with Gasteiger partial charge in [0.25, 0.3) is 0 Å². The summed E-state index contributed by atoms with van der Waals surface area (Å²) in [6, 6.07) is 0. The minimum Gasteiger partial charge on any atom is -0.464 e. The van der Waals surface area contributed by atoms with Gasteiger partial charge in [0.05, 0.1) is 6.61 Å². The highest BCUT2D eigenvalue weighted by molar-refractivity contribution is 5.89. The van der Waals surface area contributed by atoms with Crippen LogP contribution in [0.5, 0.6) is 0 Å². The van der Waals surface area contributed by atoms with Gasteiger partial charge in [-0.1, -0.05) is 18.6 Å². The number of carbonyl (C=O) groups excluding carboxylic acids is 2. The van der Waals surface area contributed by atoms with Crippen molar-refractivity contribution in [2.24, 2.45) is 0 Å². The number of carbonyl (C=O) groups is 2. The Morgan fingerprint density at radius 1 is 1.32 bits per heavy atom. The van der Waals surface area contributed by atoms with E-state index in [4.69, 9.17) is 4.74 Å². The minimum atomic E-state index is -0.708. The Balaban J connectivity index is 2.31. The van der Waals surface area contributed by atoms with Gasteiger partial charge in [-0.3, -0.25) is 4.79 Å². The lowest BCUT2D eigenvalue weighted by Crippen LogP contribution is -2.60. The summed E-state index contributed by atoms with van der Waals surface area (Å²) in [6.45, 7) is 2.73. The van der Waals surface area contributed by atoms with Crippen LogP contribution in [0.2, 0.25) is 0 Å². The van der Waals surface area contributed by atoms with Crippen LogP contribution in [-0.4, -0.2) is 35.5 Å². The van der Waals surface area contributed by atoms with Gasteiger partial charge in [0.2, 0.25) is 5.91 Å². The van der Waals surface area contributed by atoms with E-state index in [9.17, 15) is 9.59 Å². The molecule has 0 aromatic carbocycles. The number of nitrogens with zero attached hydrogens (tertiary/aromatic N) is 1. The fourth-order valence-corrected chi connectivity index (χ4v) is 3.13. The first-order valence-electron chi connectivity index (χ1n) is 7.33. The maximum atomic E-state index is 12.4. The molecule has 19 heavy (non-hydrogen) atoms. The van der Waals surface area contributed by atoms with Crippen molar-refractivity contribution in [2.75, 3.05) is 13.2 Å². The van der Waals surface area contributed by atoms with Gasteiger partial charge in [-0.2, -0.15) is 0 Å². The first-order chi connectivity index (χ1) is 9.20. The number of fused-ring (bicyclic) bond motifs is 1. The van der Waals surface area contributed by atoms with E-state index in [2.05, 4.69) is 6.08 Å². The molecule has 0 saturated carbocycles. The molecule has 0 aromatic rings. The van der Waals surface area contributed by atoms with E-state index in [-0.39, 0.29) is 11.9 Å². The second-order valence-electron chi connectivity index (χ2n) is 5.33. The van der Waals surface area contributed by atoms with Crippen LogP contribution in [0, 0.1) is 0 Å². The van der Waals surface area contributed by atoms with Crippen molar-refractivity contribution in [1.82, 2.24) is 4.90 Å². The summed E-state index contributed by atoms with van der Waals surface area (Å²) in [5.74, 6) is -0.121. The Labute approximate surface area is 114 Å². The van der Waals surface area contributed by atoms with Crippen LogP contribution in [0.3, 0.4) is 0 Å². The molecule has 106 valence electrons. The molecule has 0 unspecified atom stereocenters. The summed E-state index contributed by atoms with van der Waals surface area (Å²) in [4.78, 5) is 26.4. The molecule has 0 aliphatic carbocycles. The van der Waals surface area contributed by atoms with Crippen molar-refractivity contribution in [3.05, 3.63) is 12.2 Å². The topological polar surface area (TPSA) is 46.6 Å². The number of allylic oxidation sites excluding steroid dienone is 1. The number of hydrogen-bond acceptors (Lipinski definition) is 3. The SMILES string of the molecule is CCOC(=O)[C@]12CCCC/C=C\CN1C(=O)CCC2. The van der Waals surface area contributed by atoms with Crippen molar-refractivity contribution in [2.45, 2.75) is 57.4 Å². The molecule has 0 bridgehead atoms. The lowest BCUT2D eigenvalue weighted by atomic mass is 9.81. The van der Waals surface area contributed by atoms with Gasteiger partial charge in [-0.05, 0) is 39.0 Å². The number of ether oxygens (including phenoxy) is 1. The number of rotatable bonds is 2. The first-order valence-corrected chi connectivity index (χ1v) is 7.33. The van der Waals surface area contributed by atoms with E-state index in [0.29, 0.717) is 19.6 Å². The predicted molar refractivity (Wildman–Crippen MR) is 72.5 cm³/mol. The molecule has 2 heterocycles. The fraction of sp³-hybridized carbons (Fsp3) is 0.733. The molecular weight excluding hydrogens is 242 g/mol. The molecule has 1 fully saturated rings. The van der Waals surface area contributed by atoms with Gasteiger partial charge < -0.3 is 9.64 Å². The zero-order valence-electron chi connectivity index (χ0n) is 11.7. The molecule has 0 aromatic heterocycles. The molecule has 1 atom stereocenters.